The number of likely N-dealkylation sites (N-methyl/N-ethyl adjacent to an activating group) is 1. The van der Waals surface area contributed by atoms with Gasteiger partial charge in [-0.1, -0.05) is 6.92 Å². The van der Waals surface area contributed by atoms with Crippen LogP contribution in [0.25, 0.3) is 0 Å². The molecular weight excluding hydrogens is 254 g/mol. The highest BCUT2D eigenvalue weighted by molar-refractivity contribution is 5.78. The molecule has 0 unspecified atom stereocenters. The maximum Gasteiger partial charge on any atom is 0.234 e. The first-order valence-electron chi connectivity index (χ1n) is 7.04. The summed E-state index contributed by atoms with van der Waals surface area (Å²) in [4.78, 5) is 22.2. The number of anilines is 1. The van der Waals surface area contributed by atoms with Crippen LogP contribution in [0, 0.1) is 0 Å². The average molecular weight is 279 g/mol. The van der Waals surface area contributed by atoms with Crippen LogP contribution in [0.15, 0.2) is 12.4 Å². The molecule has 0 aliphatic heterocycles. The van der Waals surface area contributed by atoms with E-state index >= 15 is 0 Å². The van der Waals surface area contributed by atoms with Gasteiger partial charge in [-0.15, -0.1) is 0 Å². The van der Waals surface area contributed by atoms with Crippen molar-refractivity contribution in [1.29, 1.82) is 0 Å². The number of amides is 1. The Kier molecular flexibility index (Phi) is 6.93. The molecule has 6 nitrogen and oxygen atoms in total. The zero-order valence-electron chi connectivity index (χ0n) is 12.8. The second kappa shape index (κ2) is 8.47. The van der Waals surface area contributed by atoms with Gasteiger partial charge in [-0.25, -0.2) is 4.98 Å². The van der Waals surface area contributed by atoms with E-state index < -0.39 is 0 Å². The number of carbonyl (C=O) groups is 1. The van der Waals surface area contributed by atoms with Gasteiger partial charge in [0.05, 0.1) is 24.6 Å². The van der Waals surface area contributed by atoms with Gasteiger partial charge in [-0.3, -0.25) is 14.7 Å². The van der Waals surface area contributed by atoms with E-state index in [1.54, 1.807) is 12.4 Å². The Hall–Kier alpha value is -1.69. The highest BCUT2D eigenvalue weighted by Gasteiger charge is 2.08. The van der Waals surface area contributed by atoms with E-state index in [2.05, 4.69) is 27.5 Å². The molecule has 20 heavy (non-hydrogen) atoms. The van der Waals surface area contributed by atoms with Gasteiger partial charge in [-0.2, -0.15) is 0 Å². The molecule has 112 valence electrons. The van der Waals surface area contributed by atoms with Crippen molar-refractivity contribution in [1.82, 2.24) is 20.2 Å². The minimum atomic E-state index is 0.0247. The maximum absolute atomic E-state index is 11.6. The highest BCUT2D eigenvalue weighted by Crippen LogP contribution is 2.03. The molecular formula is C14H25N5O. The largest absolute Gasteiger partial charge is 0.369 e. The lowest BCUT2D eigenvalue weighted by atomic mass is 10.3. The van der Waals surface area contributed by atoms with Crippen LogP contribution in [0.5, 0.6) is 0 Å². The van der Waals surface area contributed by atoms with Crippen molar-refractivity contribution >= 4 is 11.7 Å². The van der Waals surface area contributed by atoms with Crippen LogP contribution >= 0.6 is 0 Å². The van der Waals surface area contributed by atoms with Gasteiger partial charge in [-0.05, 0) is 27.3 Å². The fourth-order valence-corrected chi connectivity index (χ4v) is 1.73. The normalized spacial score (nSPS) is 10.9. The molecule has 1 aromatic rings. The third-order valence-electron chi connectivity index (χ3n) is 2.56. The summed E-state index contributed by atoms with van der Waals surface area (Å²) in [6, 6.07) is 0.166. The van der Waals surface area contributed by atoms with E-state index in [9.17, 15) is 4.79 Å². The second-order valence-electron chi connectivity index (χ2n) is 5.21. The number of rotatable bonds is 8. The molecule has 0 fully saturated rings. The van der Waals surface area contributed by atoms with Crippen LogP contribution in [0.1, 0.15) is 32.9 Å². The van der Waals surface area contributed by atoms with Crippen molar-refractivity contribution in [3.8, 4) is 0 Å². The summed E-state index contributed by atoms with van der Waals surface area (Å²) in [5, 5.41) is 6.04. The summed E-state index contributed by atoms with van der Waals surface area (Å²) in [6.45, 7) is 7.86. The van der Waals surface area contributed by atoms with Crippen molar-refractivity contribution in [3.63, 3.8) is 0 Å². The SMILES string of the molecule is CCCNc1cnc(CN(C)CC(=O)NC(C)C)cn1. The quantitative estimate of drug-likeness (QED) is 0.749. The Morgan fingerprint density at radius 1 is 1.35 bits per heavy atom. The van der Waals surface area contributed by atoms with Gasteiger partial charge in [0.25, 0.3) is 0 Å². The molecule has 1 aromatic heterocycles. The minimum Gasteiger partial charge on any atom is -0.369 e. The standard InChI is InChI=1S/C14H25N5O/c1-5-6-15-13-8-16-12(7-17-13)9-19(4)10-14(20)18-11(2)3/h7-8,11H,5-6,9-10H2,1-4H3,(H,15,17)(H,18,20). The van der Waals surface area contributed by atoms with E-state index in [4.69, 9.17) is 0 Å². The second-order valence-corrected chi connectivity index (χ2v) is 5.21. The molecule has 1 rings (SSSR count). The van der Waals surface area contributed by atoms with Crippen LogP contribution in [0.4, 0.5) is 5.82 Å². The first kappa shape index (κ1) is 16.4. The van der Waals surface area contributed by atoms with Gasteiger partial charge >= 0.3 is 0 Å². The molecule has 0 atom stereocenters. The van der Waals surface area contributed by atoms with Crippen LogP contribution in [-0.4, -0.2) is 47.0 Å². The molecule has 0 spiro atoms. The Balaban J connectivity index is 2.41. The van der Waals surface area contributed by atoms with E-state index in [1.165, 1.54) is 0 Å². The van der Waals surface area contributed by atoms with Crippen LogP contribution in [0.2, 0.25) is 0 Å². The van der Waals surface area contributed by atoms with Gasteiger partial charge in [0, 0.05) is 19.1 Å². The average Bonchev–Trinajstić information content (AvgIpc) is 2.36. The first-order chi connectivity index (χ1) is 9.51. The number of nitrogens with one attached hydrogen (secondary N) is 2. The molecule has 0 aromatic carbocycles. The van der Waals surface area contributed by atoms with Crippen molar-refractivity contribution in [3.05, 3.63) is 18.1 Å². The van der Waals surface area contributed by atoms with Gasteiger partial charge in [0.15, 0.2) is 0 Å². The van der Waals surface area contributed by atoms with Crippen LogP contribution in [-0.2, 0) is 11.3 Å². The van der Waals surface area contributed by atoms with Crippen LogP contribution < -0.4 is 10.6 Å². The fourth-order valence-electron chi connectivity index (χ4n) is 1.73. The van der Waals surface area contributed by atoms with Crippen molar-refractivity contribution < 1.29 is 4.79 Å². The molecule has 0 saturated heterocycles. The predicted octanol–water partition coefficient (Wildman–Crippen LogP) is 1.25. The molecule has 1 amide bonds. The third-order valence-corrected chi connectivity index (χ3v) is 2.56. The minimum absolute atomic E-state index is 0.0247. The fraction of sp³-hybridized carbons (Fsp3) is 0.643. The molecule has 2 N–H and O–H groups in total. The van der Waals surface area contributed by atoms with Crippen molar-refractivity contribution in [2.75, 3.05) is 25.5 Å². The Morgan fingerprint density at radius 2 is 2.10 bits per heavy atom. The maximum atomic E-state index is 11.6. The highest BCUT2D eigenvalue weighted by atomic mass is 16.2. The number of hydrogen-bond acceptors (Lipinski definition) is 5. The molecule has 1 heterocycles. The predicted molar refractivity (Wildman–Crippen MR) is 80.4 cm³/mol. The number of hydrogen-bond donors (Lipinski definition) is 2. The molecule has 0 radical (unpaired) electrons. The summed E-state index contributed by atoms with van der Waals surface area (Å²) in [7, 11) is 1.89. The molecule has 0 aliphatic carbocycles. The van der Waals surface area contributed by atoms with Crippen LogP contribution in [0.3, 0.4) is 0 Å². The van der Waals surface area contributed by atoms with E-state index in [0.29, 0.717) is 13.1 Å². The summed E-state index contributed by atoms with van der Waals surface area (Å²) < 4.78 is 0. The topological polar surface area (TPSA) is 70.2 Å². The van der Waals surface area contributed by atoms with E-state index in [1.807, 2.05) is 25.8 Å². The number of carbonyl (C=O) groups excluding carboxylic acids is 1. The van der Waals surface area contributed by atoms with Crippen molar-refractivity contribution in [2.24, 2.45) is 0 Å². The summed E-state index contributed by atoms with van der Waals surface area (Å²) in [5.74, 6) is 0.812. The summed E-state index contributed by atoms with van der Waals surface area (Å²) in [5.41, 5.74) is 0.854. The summed E-state index contributed by atoms with van der Waals surface area (Å²) in [6.07, 6.45) is 4.53. The van der Waals surface area contributed by atoms with E-state index in [-0.39, 0.29) is 11.9 Å². The lowest BCUT2D eigenvalue weighted by Crippen LogP contribution is -2.38. The monoisotopic (exact) mass is 279 g/mol. The Morgan fingerprint density at radius 3 is 2.65 bits per heavy atom. The van der Waals surface area contributed by atoms with E-state index in [0.717, 1.165) is 24.5 Å². The van der Waals surface area contributed by atoms with Gasteiger partial charge < -0.3 is 10.6 Å². The molecule has 6 heteroatoms. The zero-order chi connectivity index (χ0) is 15.0. The smallest absolute Gasteiger partial charge is 0.234 e. The molecule has 0 saturated carbocycles. The Bertz CT molecular complexity index is 405. The van der Waals surface area contributed by atoms with Gasteiger partial charge in [0.2, 0.25) is 5.91 Å². The lowest BCUT2D eigenvalue weighted by Gasteiger charge is -2.17. The lowest BCUT2D eigenvalue weighted by molar-refractivity contribution is -0.122. The third kappa shape index (κ3) is 6.47. The first-order valence-corrected chi connectivity index (χ1v) is 7.04. The Labute approximate surface area is 121 Å². The zero-order valence-corrected chi connectivity index (χ0v) is 12.8. The molecule has 0 aliphatic rings. The van der Waals surface area contributed by atoms with Crippen molar-refractivity contribution in [2.45, 2.75) is 39.8 Å². The molecule has 0 bridgehead atoms. The number of aromatic nitrogens is 2. The number of nitrogens with zero attached hydrogens (tertiary/aromatic N) is 3. The summed E-state index contributed by atoms with van der Waals surface area (Å²) >= 11 is 0. The van der Waals surface area contributed by atoms with Gasteiger partial charge in [0.1, 0.15) is 5.82 Å².